The van der Waals surface area contributed by atoms with Gasteiger partial charge in [-0.2, -0.15) is 4.21 Å². The van der Waals surface area contributed by atoms with Gasteiger partial charge in [-0.1, -0.05) is 6.42 Å². The Morgan fingerprint density at radius 1 is 1.54 bits per heavy atom. The van der Waals surface area contributed by atoms with E-state index in [1.54, 1.807) is 0 Å². The quantitative estimate of drug-likeness (QED) is 0.387. The zero-order valence-electron chi connectivity index (χ0n) is 7.14. The zero-order valence-corrected chi connectivity index (χ0v) is 7.96. The fourth-order valence-corrected chi connectivity index (χ4v) is 1.02. The van der Waals surface area contributed by atoms with Crippen LogP contribution in [0.4, 0.5) is 0 Å². The predicted octanol–water partition coefficient (Wildman–Crippen LogP) is -0.877. The van der Waals surface area contributed by atoms with E-state index in [1.807, 2.05) is 0 Å². The molecule has 2 atom stereocenters. The van der Waals surface area contributed by atoms with Crippen molar-refractivity contribution in [3.63, 3.8) is 0 Å². The van der Waals surface area contributed by atoms with E-state index in [1.165, 1.54) is 0 Å². The molecule has 7 heteroatoms. The number of carbonyl (C=O) groups is 1. The van der Waals surface area contributed by atoms with E-state index in [0.717, 1.165) is 6.42 Å². The molecule has 0 spiro atoms. The van der Waals surface area contributed by atoms with Gasteiger partial charge < -0.3 is 15.7 Å². The van der Waals surface area contributed by atoms with Crippen LogP contribution in [0.5, 0.6) is 0 Å². The Morgan fingerprint density at radius 2 is 2.15 bits per heavy atom. The van der Waals surface area contributed by atoms with Crippen LogP contribution in [0, 0.1) is 0 Å². The average Bonchev–Trinajstić information content (AvgIpc) is 2.03. The second-order valence-electron chi connectivity index (χ2n) is 2.51. The van der Waals surface area contributed by atoms with Gasteiger partial charge in [0.1, 0.15) is 6.04 Å². The van der Waals surface area contributed by atoms with Gasteiger partial charge in [0.2, 0.25) is 0 Å². The minimum Gasteiger partial charge on any atom is -0.342 e. The molecule has 0 aliphatic rings. The van der Waals surface area contributed by atoms with Crippen LogP contribution < -0.4 is 11.5 Å². The van der Waals surface area contributed by atoms with Gasteiger partial charge in [-0.25, -0.2) is 4.79 Å². The normalized spacial score (nSPS) is 15.0. The number of hydrogen-bond donors (Lipinski definition) is 3. The molecule has 0 saturated carbocycles. The molecule has 6 nitrogen and oxygen atoms in total. The lowest BCUT2D eigenvalue weighted by Gasteiger charge is -2.07. The second-order valence-corrected chi connectivity index (χ2v) is 3.11. The third kappa shape index (κ3) is 6.64. The Balaban J connectivity index is 3.63. The predicted molar refractivity (Wildman–Crippen MR) is 47.7 cm³/mol. The molecule has 0 rings (SSSR count). The first kappa shape index (κ1) is 12.5. The van der Waals surface area contributed by atoms with Crippen molar-refractivity contribution in [3.05, 3.63) is 0 Å². The Kier molecular flexibility index (Phi) is 6.69. The minimum atomic E-state index is -2.58. The van der Waals surface area contributed by atoms with E-state index in [0.29, 0.717) is 19.4 Å². The molecule has 0 aliphatic heterocycles. The summed E-state index contributed by atoms with van der Waals surface area (Å²) in [5, 5.41) is 0. The topological polar surface area (TPSA) is 116 Å². The van der Waals surface area contributed by atoms with Crippen LogP contribution in [0.25, 0.3) is 0 Å². The summed E-state index contributed by atoms with van der Waals surface area (Å²) < 4.78 is 22.2. The first-order valence-electron chi connectivity index (χ1n) is 3.86. The molecule has 2 unspecified atom stereocenters. The smallest absolute Gasteiger partial charge is 0.342 e. The van der Waals surface area contributed by atoms with Crippen LogP contribution in [-0.2, 0) is 20.3 Å². The highest BCUT2D eigenvalue weighted by molar-refractivity contribution is 7.74. The zero-order chi connectivity index (χ0) is 10.3. The molecule has 0 fully saturated rings. The van der Waals surface area contributed by atoms with Gasteiger partial charge in [0.05, 0.1) is 0 Å². The summed E-state index contributed by atoms with van der Waals surface area (Å²) in [5.41, 5.74) is 10.6. The molecule has 0 radical (unpaired) electrons. The molecule has 0 aliphatic carbocycles. The van der Waals surface area contributed by atoms with Gasteiger partial charge in [0.15, 0.2) is 0 Å². The molecular weight excluding hydrogens is 196 g/mol. The first-order chi connectivity index (χ1) is 6.07. The Morgan fingerprint density at radius 3 is 2.62 bits per heavy atom. The molecule has 0 aromatic rings. The molecule has 0 saturated heterocycles. The summed E-state index contributed by atoms with van der Waals surface area (Å²) in [6.07, 6.45) is 1.88. The Labute approximate surface area is 79.1 Å². The molecular formula is C6H14N2O4S. The van der Waals surface area contributed by atoms with Crippen molar-refractivity contribution in [2.45, 2.75) is 25.3 Å². The fraction of sp³-hybridized carbons (Fsp3) is 0.833. The average molecular weight is 210 g/mol. The van der Waals surface area contributed by atoms with Crippen molar-refractivity contribution < 1.29 is 17.7 Å². The number of unbranched alkanes of at least 4 members (excludes halogenated alkanes) is 1. The van der Waals surface area contributed by atoms with Crippen LogP contribution in [0.2, 0.25) is 0 Å². The van der Waals surface area contributed by atoms with Gasteiger partial charge in [0.25, 0.3) is 0 Å². The molecule has 78 valence electrons. The summed E-state index contributed by atoms with van der Waals surface area (Å²) in [4.78, 5) is 10.8. The maximum Gasteiger partial charge on any atom is 0.360 e. The highest BCUT2D eigenvalue weighted by Crippen LogP contribution is 2.00. The third-order valence-electron chi connectivity index (χ3n) is 1.43. The van der Waals surface area contributed by atoms with E-state index in [2.05, 4.69) is 4.18 Å². The van der Waals surface area contributed by atoms with Crippen LogP contribution in [0.3, 0.4) is 0 Å². The molecule has 5 N–H and O–H groups in total. The van der Waals surface area contributed by atoms with E-state index in [4.69, 9.17) is 16.0 Å². The summed E-state index contributed by atoms with van der Waals surface area (Å²) in [6.45, 7) is 0.535. The molecule has 13 heavy (non-hydrogen) atoms. The van der Waals surface area contributed by atoms with E-state index < -0.39 is 23.4 Å². The van der Waals surface area contributed by atoms with Crippen molar-refractivity contribution >= 4 is 17.3 Å². The van der Waals surface area contributed by atoms with Crippen LogP contribution in [0.15, 0.2) is 0 Å². The first-order valence-corrected chi connectivity index (χ1v) is 4.89. The Bertz CT molecular complexity index is 187. The van der Waals surface area contributed by atoms with Gasteiger partial charge in [-0.05, 0) is 19.4 Å². The van der Waals surface area contributed by atoms with Crippen molar-refractivity contribution in [1.29, 1.82) is 0 Å². The lowest BCUT2D eigenvalue weighted by Crippen LogP contribution is -2.32. The van der Waals surface area contributed by atoms with E-state index in [9.17, 15) is 9.00 Å². The fourth-order valence-electron chi connectivity index (χ4n) is 0.758. The summed E-state index contributed by atoms with van der Waals surface area (Å²) in [6, 6.07) is -0.845. The molecule has 0 aromatic heterocycles. The molecule has 0 aromatic carbocycles. The lowest BCUT2D eigenvalue weighted by atomic mass is 10.1. The summed E-state index contributed by atoms with van der Waals surface area (Å²) >= 11 is -2.58. The molecule has 0 amide bonds. The number of hydrogen-bond acceptors (Lipinski definition) is 5. The lowest BCUT2D eigenvalue weighted by molar-refractivity contribution is -0.135. The number of nitrogens with two attached hydrogens (primary N) is 2. The molecule has 0 heterocycles. The van der Waals surface area contributed by atoms with E-state index in [-0.39, 0.29) is 0 Å². The van der Waals surface area contributed by atoms with Crippen LogP contribution in [-0.4, -0.2) is 27.3 Å². The van der Waals surface area contributed by atoms with Gasteiger partial charge in [0, 0.05) is 0 Å². The number of rotatable bonds is 6. The van der Waals surface area contributed by atoms with E-state index >= 15 is 0 Å². The van der Waals surface area contributed by atoms with Gasteiger partial charge in [-0.3, -0.25) is 4.55 Å². The maximum atomic E-state index is 10.8. The largest absolute Gasteiger partial charge is 0.360 e. The highest BCUT2D eigenvalue weighted by Gasteiger charge is 2.16. The molecule has 0 bridgehead atoms. The summed E-state index contributed by atoms with van der Waals surface area (Å²) in [7, 11) is 0. The Hall–Kier alpha value is -0.500. The maximum absolute atomic E-state index is 10.8. The highest BCUT2D eigenvalue weighted by atomic mass is 32.2. The van der Waals surface area contributed by atoms with Crippen molar-refractivity contribution in [1.82, 2.24) is 0 Å². The third-order valence-corrected chi connectivity index (χ3v) is 1.73. The van der Waals surface area contributed by atoms with Crippen LogP contribution in [0.1, 0.15) is 19.3 Å². The van der Waals surface area contributed by atoms with Crippen molar-refractivity contribution in [3.8, 4) is 0 Å². The SMILES string of the molecule is NCCCCC(N)C(=O)OS(=O)O. The summed E-state index contributed by atoms with van der Waals surface area (Å²) in [5.74, 6) is -0.863. The second kappa shape index (κ2) is 6.96. The number of carbonyl (C=O) groups excluding carboxylic acids is 1. The minimum absolute atomic E-state index is 0.410. The van der Waals surface area contributed by atoms with Crippen molar-refractivity contribution in [2.75, 3.05) is 6.54 Å². The van der Waals surface area contributed by atoms with Crippen LogP contribution >= 0.6 is 0 Å². The van der Waals surface area contributed by atoms with Crippen molar-refractivity contribution in [2.24, 2.45) is 11.5 Å². The van der Waals surface area contributed by atoms with Gasteiger partial charge in [-0.15, -0.1) is 0 Å². The monoisotopic (exact) mass is 210 g/mol. The van der Waals surface area contributed by atoms with Gasteiger partial charge >= 0.3 is 17.3 Å². The standard InChI is InChI=1S/C6H14N2O4S/c7-4-2-1-3-5(8)6(9)12-13(10)11/h5H,1-4,7-8H2,(H,10,11).